The summed E-state index contributed by atoms with van der Waals surface area (Å²) in [6.07, 6.45) is 4.81. The first-order chi connectivity index (χ1) is 10.6. The molecule has 0 aliphatic heterocycles. The van der Waals surface area contributed by atoms with Crippen molar-refractivity contribution in [2.45, 2.75) is 44.1 Å². The van der Waals surface area contributed by atoms with Crippen LogP contribution in [-0.4, -0.2) is 29.4 Å². The van der Waals surface area contributed by atoms with E-state index in [2.05, 4.69) is 25.2 Å². The molecule has 0 radical (unpaired) electrons. The zero-order valence-electron chi connectivity index (χ0n) is 13.3. The maximum absolute atomic E-state index is 12.4. The van der Waals surface area contributed by atoms with E-state index >= 15 is 0 Å². The fourth-order valence-corrected chi connectivity index (χ4v) is 3.74. The van der Waals surface area contributed by atoms with Crippen LogP contribution in [0, 0.1) is 5.92 Å². The topological polar surface area (TPSA) is 49.3 Å². The number of amides is 1. The van der Waals surface area contributed by atoms with Crippen LogP contribution in [0.15, 0.2) is 40.8 Å². The Bertz CT molecular complexity index is 538. The molecule has 0 saturated heterocycles. The lowest BCUT2D eigenvalue weighted by Gasteiger charge is -2.16. The van der Waals surface area contributed by atoms with E-state index in [0.29, 0.717) is 6.54 Å². The van der Waals surface area contributed by atoms with Gasteiger partial charge in [0.15, 0.2) is 0 Å². The summed E-state index contributed by atoms with van der Waals surface area (Å²) in [6.45, 7) is 4.71. The number of allylic oxidation sites excluding steroid dienone is 1. The molecule has 2 atom stereocenters. The van der Waals surface area contributed by atoms with E-state index < -0.39 is 0 Å². The number of carbonyl (C=O) groups is 1. The fourth-order valence-electron chi connectivity index (χ4n) is 2.65. The average Bonchev–Trinajstić information content (AvgIpc) is 2.90. The molecule has 1 aliphatic rings. The van der Waals surface area contributed by atoms with Gasteiger partial charge < -0.3 is 10.4 Å². The maximum atomic E-state index is 12.4. The van der Waals surface area contributed by atoms with Gasteiger partial charge in [0.1, 0.15) is 0 Å². The first-order valence-electron chi connectivity index (χ1n) is 7.89. The van der Waals surface area contributed by atoms with Gasteiger partial charge in [-0.25, -0.2) is 0 Å². The van der Waals surface area contributed by atoms with Gasteiger partial charge in [-0.1, -0.05) is 30.2 Å². The third-order valence-electron chi connectivity index (χ3n) is 4.01. The van der Waals surface area contributed by atoms with Crippen LogP contribution in [0.1, 0.15) is 43.5 Å². The fraction of sp³-hybridized carbons (Fsp3) is 0.500. The number of rotatable bonds is 6. The molecule has 4 heteroatoms. The summed E-state index contributed by atoms with van der Waals surface area (Å²) in [5.41, 5.74) is 2.01. The van der Waals surface area contributed by atoms with Crippen molar-refractivity contribution in [1.29, 1.82) is 0 Å². The molecular formula is C18H25NO2S. The third-order valence-corrected chi connectivity index (χ3v) is 5.01. The molecule has 3 nitrogen and oxygen atoms in total. The largest absolute Gasteiger partial charge is 0.393 e. The van der Waals surface area contributed by atoms with E-state index in [9.17, 15) is 9.90 Å². The lowest BCUT2D eigenvalue weighted by molar-refractivity contribution is 0.0914. The molecule has 1 aliphatic carbocycles. The Morgan fingerprint density at radius 3 is 2.82 bits per heavy atom. The van der Waals surface area contributed by atoms with Gasteiger partial charge in [-0.3, -0.25) is 4.79 Å². The molecule has 22 heavy (non-hydrogen) atoms. The second-order valence-electron chi connectivity index (χ2n) is 6.06. The van der Waals surface area contributed by atoms with Crippen LogP contribution in [0.5, 0.6) is 0 Å². The van der Waals surface area contributed by atoms with Crippen molar-refractivity contribution in [2.75, 3.05) is 12.3 Å². The van der Waals surface area contributed by atoms with E-state index in [-0.39, 0.29) is 17.9 Å². The highest BCUT2D eigenvalue weighted by Crippen LogP contribution is 2.26. The molecule has 2 N–H and O–H groups in total. The Kier molecular flexibility index (Phi) is 6.52. The molecule has 1 saturated carbocycles. The Hall–Kier alpha value is -1.26. The summed E-state index contributed by atoms with van der Waals surface area (Å²) in [7, 11) is 0. The van der Waals surface area contributed by atoms with Crippen LogP contribution in [0.25, 0.3) is 0 Å². The summed E-state index contributed by atoms with van der Waals surface area (Å²) in [6, 6.07) is 7.71. The van der Waals surface area contributed by atoms with Gasteiger partial charge in [0.25, 0.3) is 5.91 Å². The number of aliphatic hydroxyl groups excluding tert-OH is 1. The molecule has 0 heterocycles. The zero-order chi connectivity index (χ0) is 15.9. The number of thioether (sulfide) groups is 1. The predicted octanol–water partition coefficient (Wildman–Crippen LogP) is 3.64. The Balaban J connectivity index is 1.95. The molecule has 2 unspecified atom stereocenters. The highest BCUT2D eigenvalue weighted by atomic mass is 32.2. The summed E-state index contributed by atoms with van der Waals surface area (Å²) in [4.78, 5) is 13.4. The Morgan fingerprint density at radius 2 is 2.14 bits per heavy atom. The van der Waals surface area contributed by atoms with Crippen LogP contribution in [0.2, 0.25) is 0 Å². The first kappa shape index (κ1) is 17.1. The van der Waals surface area contributed by atoms with E-state index in [0.717, 1.165) is 35.5 Å². The molecule has 0 spiro atoms. The third kappa shape index (κ3) is 4.89. The molecule has 0 aromatic heterocycles. The van der Waals surface area contributed by atoms with Crippen LogP contribution in [0.3, 0.4) is 0 Å². The Morgan fingerprint density at radius 1 is 1.36 bits per heavy atom. The van der Waals surface area contributed by atoms with Crippen molar-refractivity contribution in [3.8, 4) is 0 Å². The monoisotopic (exact) mass is 319 g/mol. The molecule has 2 rings (SSSR count). The van der Waals surface area contributed by atoms with Crippen molar-refractivity contribution in [3.05, 3.63) is 41.5 Å². The van der Waals surface area contributed by atoms with Crippen molar-refractivity contribution < 1.29 is 9.90 Å². The molecule has 1 aromatic carbocycles. The van der Waals surface area contributed by atoms with Crippen molar-refractivity contribution >= 4 is 17.7 Å². The highest BCUT2D eigenvalue weighted by molar-refractivity contribution is 7.99. The van der Waals surface area contributed by atoms with Gasteiger partial charge in [0.2, 0.25) is 0 Å². The molecule has 1 fully saturated rings. The number of hydrogen-bond acceptors (Lipinski definition) is 3. The quantitative estimate of drug-likeness (QED) is 0.622. The molecule has 1 amide bonds. The van der Waals surface area contributed by atoms with Gasteiger partial charge >= 0.3 is 0 Å². The van der Waals surface area contributed by atoms with Crippen LogP contribution >= 0.6 is 11.8 Å². The summed E-state index contributed by atoms with van der Waals surface area (Å²) < 4.78 is 0. The van der Waals surface area contributed by atoms with Crippen molar-refractivity contribution in [2.24, 2.45) is 5.92 Å². The van der Waals surface area contributed by atoms with Crippen LogP contribution < -0.4 is 5.32 Å². The maximum Gasteiger partial charge on any atom is 0.252 e. The predicted molar refractivity (Wildman–Crippen MR) is 92.3 cm³/mol. The highest BCUT2D eigenvalue weighted by Gasteiger charge is 2.25. The van der Waals surface area contributed by atoms with E-state index in [1.807, 2.05) is 24.3 Å². The molecule has 0 bridgehead atoms. The average molecular weight is 319 g/mol. The number of carbonyl (C=O) groups excluding carboxylic acids is 1. The molecule has 120 valence electrons. The normalized spacial score (nSPS) is 20.7. The minimum Gasteiger partial charge on any atom is -0.393 e. The standard InChI is InChI=1S/C18H25NO2S/c1-13(2)10-11-22-17-9-4-3-7-15(17)18(21)19-12-14-6-5-8-16(14)20/h3-4,7,9-10,14,16,20H,5-6,8,11-12H2,1-2H3,(H,19,21). The smallest absolute Gasteiger partial charge is 0.252 e. The summed E-state index contributed by atoms with van der Waals surface area (Å²) in [5.74, 6) is 1.03. The number of hydrogen-bond donors (Lipinski definition) is 2. The Labute approximate surface area is 137 Å². The van der Waals surface area contributed by atoms with Gasteiger partial charge in [-0.05, 0) is 38.8 Å². The van der Waals surface area contributed by atoms with Gasteiger partial charge in [-0.2, -0.15) is 0 Å². The SMILES string of the molecule is CC(C)=CCSc1ccccc1C(=O)NCC1CCCC1O. The van der Waals surface area contributed by atoms with Gasteiger partial charge in [0.05, 0.1) is 11.7 Å². The first-order valence-corrected chi connectivity index (χ1v) is 8.88. The van der Waals surface area contributed by atoms with Crippen LogP contribution in [0.4, 0.5) is 0 Å². The van der Waals surface area contributed by atoms with Gasteiger partial charge in [0, 0.05) is 23.1 Å². The van der Waals surface area contributed by atoms with E-state index in [4.69, 9.17) is 0 Å². The van der Waals surface area contributed by atoms with Crippen LogP contribution in [-0.2, 0) is 0 Å². The van der Waals surface area contributed by atoms with Crippen molar-refractivity contribution in [3.63, 3.8) is 0 Å². The minimum atomic E-state index is -0.261. The number of aliphatic hydroxyl groups is 1. The second-order valence-corrected chi connectivity index (χ2v) is 7.12. The number of nitrogens with one attached hydrogen (secondary N) is 1. The number of benzene rings is 1. The lowest BCUT2D eigenvalue weighted by Crippen LogP contribution is -2.32. The van der Waals surface area contributed by atoms with Gasteiger partial charge in [-0.15, -0.1) is 11.8 Å². The van der Waals surface area contributed by atoms with E-state index in [1.54, 1.807) is 11.8 Å². The zero-order valence-corrected chi connectivity index (χ0v) is 14.2. The summed E-state index contributed by atoms with van der Waals surface area (Å²) >= 11 is 1.68. The van der Waals surface area contributed by atoms with Crippen molar-refractivity contribution in [1.82, 2.24) is 5.32 Å². The minimum absolute atomic E-state index is 0.0422. The molecule has 1 aromatic rings. The molecular weight excluding hydrogens is 294 g/mol. The lowest BCUT2D eigenvalue weighted by atomic mass is 10.1. The van der Waals surface area contributed by atoms with E-state index in [1.165, 1.54) is 5.57 Å². The second kappa shape index (κ2) is 8.39. The summed E-state index contributed by atoms with van der Waals surface area (Å²) in [5, 5.41) is 12.8.